The molecule has 1 rings (SSSR count). The van der Waals surface area contributed by atoms with Gasteiger partial charge >= 0.3 is 5.97 Å². The first kappa shape index (κ1) is 11.3. The van der Waals surface area contributed by atoms with Crippen molar-refractivity contribution in [1.29, 1.82) is 0 Å². The number of hydrogen-bond donors (Lipinski definition) is 2. The van der Waals surface area contributed by atoms with Gasteiger partial charge in [0, 0.05) is 18.6 Å². The van der Waals surface area contributed by atoms with Crippen LogP contribution in [0, 0.1) is 11.8 Å². The summed E-state index contributed by atoms with van der Waals surface area (Å²) in [5.74, 6) is 4.64. The minimum atomic E-state index is -0.970. The van der Waals surface area contributed by atoms with Gasteiger partial charge in [0.15, 0.2) is 0 Å². The van der Waals surface area contributed by atoms with Crippen molar-refractivity contribution in [2.45, 2.75) is 12.8 Å². The lowest BCUT2D eigenvalue weighted by atomic mass is 10.1. The molecule has 0 amide bonds. The van der Waals surface area contributed by atoms with Crippen LogP contribution in [0.3, 0.4) is 0 Å². The molecule has 0 heterocycles. The molecule has 0 fully saturated rings. The smallest absolute Gasteiger partial charge is 0.336 e. The van der Waals surface area contributed by atoms with Gasteiger partial charge in [-0.25, -0.2) is 4.79 Å². The highest BCUT2D eigenvalue weighted by molar-refractivity contribution is 5.90. The molecule has 2 N–H and O–H groups in total. The number of rotatable bonds is 3. The van der Waals surface area contributed by atoms with Crippen LogP contribution in [0.2, 0.25) is 0 Å². The van der Waals surface area contributed by atoms with Gasteiger partial charge in [0.25, 0.3) is 0 Å². The molecular weight excluding hydrogens is 192 g/mol. The Bertz CT molecular complexity index is 399. The van der Waals surface area contributed by atoms with Gasteiger partial charge in [-0.15, -0.1) is 0 Å². The van der Waals surface area contributed by atoms with Crippen molar-refractivity contribution in [2.75, 3.05) is 6.61 Å². The zero-order valence-electron chi connectivity index (χ0n) is 8.23. The minimum absolute atomic E-state index is 0.106. The Morgan fingerprint density at radius 2 is 2.07 bits per heavy atom. The first-order valence-electron chi connectivity index (χ1n) is 4.67. The Kier molecular flexibility index (Phi) is 4.39. The van der Waals surface area contributed by atoms with E-state index in [1.165, 1.54) is 6.07 Å². The molecule has 3 nitrogen and oxygen atoms in total. The number of hydrogen-bond acceptors (Lipinski definition) is 2. The molecule has 0 radical (unpaired) electrons. The lowest BCUT2D eigenvalue weighted by Gasteiger charge is -1.96. The van der Waals surface area contributed by atoms with Crippen LogP contribution in [-0.4, -0.2) is 22.8 Å². The Morgan fingerprint density at radius 3 is 2.73 bits per heavy atom. The van der Waals surface area contributed by atoms with Gasteiger partial charge in [-0.05, 0) is 18.6 Å². The second-order valence-corrected chi connectivity index (χ2v) is 2.98. The maximum atomic E-state index is 10.8. The first-order valence-corrected chi connectivity index (χ1v) is 4.67. The SMILES string of the molecule is O=C(O)c1ccccc1C#CCCCO. The fourth-order valence-electron chi connectivity index (χ4n) is 1.10. The van der Waals surface area contributed by atoms with E-state index in [0.29, 0.717) is 18.4 Å². The Hall–Kier alpha value is -1.79. The van der Waals surface area contributed by atoms with Crippen LogP contribution in [0.4, 0.5) is 0 Å². The molecule has 78 valence electrons. The van der Waals surface area contributed by atoms with Crippen LogP contribution in [0.15, 0.2) is 24.3 Å². The number of carbonyl (C=O) groups is 1. The predicted octanol–water partition coefficient (Wildman–Crippen LogP) is 1.51. The molecule has 0 aliphatic heterocycles. The molecule has 0 saturated carbocycles. The van der Waals surface area contributed by atoms with Gasteiger partial charge in [-0.3, -0.25) is 0 Å². The molecule has 0 aromatic heterocycles. The van der Waals surface area contributed by atoms with Crippen LogP contribution in [0.25, 0.3) is 0 Å². The summed E-state index contributed by atoms with van der Waals surface area (Å²) in [6, 6.07) is 6.62. The standard InChI is InChI=1S/C12H12O3/c13-9-5-1-2-6-10-7-3-4-8-11(10)12(14)15/h3-4,7-8,13H,1,5,9H2,(H,14,15). The summed E-state index contributed by atoms with van der Waals surface area (Å²) >= 11 is 0. The third-order valence-electron chi connectivity index (χ3n) is 1.84. The molecule has 0 spiro atoms. The highest BCUT2D eigenvalue weighted by Crippen LogP contribution is 2.06. The van der Waals surface area contributed by atoms with Gasteiger partial charge in [-0.1, -0.05) is 24.0 Å². The average Bonchev–Trinajstić information content (AvgIpc) is 2.25. The highest BCUT2D eigenvalue weighted by Gasteiger charge is 2.05. The van der Waals surface area contributed by atoms with E-state index in [1.807, 2.05) is 0 Å². The zero-order chi connectivity index (χ0) is 11.1. The molecule has 0 saturated heterocycles. The average molecular weight is 204 g/mol. The Morgan fingerprint density at radius 1 is 1.33 bits per heavy atom. The largest absolute Gasteiger partial charge is 0.478 e. The molecule has 0 aliphatic carbocycles. The maximum Gasteiger partial charge on any atom is 0.336 e. The van der Waals surface area contributed by atoms with Gasteiger partial charge in [-0.2, -0.15) is 0 Å². The molecule has 1 aromatic carbocycles. The van der Waals surface area contributed by atoms with Crippen molar-refractivity contribution < 1.29 is 15.0 Å². The number of carboxylic acid groups (broad SMARTS) is 1. The van der Waals surface area contributed by atoms with Crippen molar-refractivity contribution in [2.24, 2.45) is 0 Å². The van der Waals surface area contributed by atoms with E-state index >= 15 is 0 Å². The molecule has 1 aromatic rings. The molecule has 0 atom stereocenters. The molecular formula is C12H12O3. The van der Waals surface area contributed by atoms with E-state index in [1.54, 1.807) is 18.2 Å². The quantitative estimate of drug-likeness (QED) is 0.579. The van der Waals surface area contributed by atoms with E-state index in [-0.39, 0.29) is 12.2 Å². The second kappa shape index (κ2) is 5.84. The Balaban J connectivity index is 2.83. The van der Waals surface area contributed by atoms with E-state index in [0.717, 1.165) is 0 Å². The van der Waals surface area contributed by atoms with Crippen molar-refractivity contribution >= 4 is 5.97 Å². The van der Waals surface area contributed by atoms with Gasteiger partial charge < -0.3 is 10.2 Å². The molecule has 3 heteroatoms. The topological polar surface area (TPSA) is 57.5 Å². The summed E-state index contributed by atoms with van der Waals surface area (Å²) in [6.45, 7) is 0.106. The normalized spacial score (nSPS) is 9.13. The number of aromatic carboxylic acids is 1. The molecule has 0 unspecified atom stereocenters. The lowest BCUT2D eigenvalue weighted by Crippen LogP contribution is -1.99. The first-order chi connectivity index (χ1) is 7.25. The predicted molar refractivity (Wildman–Crippen MR) is 56.6 cm³/mol. The van der Waals surface area contributed by atoms with Crippen LogP contribution in [0.1, 0.15) is 28.8 Å². The summed E-state index contributed by atoms with van der Waals surface area (Å²) in [4.78, 5) is 10.8. The number of aliphatic hydroxyl groups excluding tert-OH is 1. The fourth-order valence-corrected chi connectivity index (χ4v) is 1.10. The third-order valence-corrected chi connectivity index (χ3v) is 1.84. The maximum absolute atomic E-state index is 10.8. The summed E-state index contributed by atoms with van der Waals surface area (Å²) < 4.78 is 0. The Labute approximate surface area is 88.4 Å². The number of benzene rings is 1. The van der Waals surface area contributed by atoms with E-state index < -0.39 is 5.97 Å². The molecule has 0 bridgehead atoms. The number of aliphatic hydroxyl groups is 1. The van der Waals surface area contributed by atoms with Gasteiger partial charge in [0.2, 0.25) is 0 Å². The van der Waals surface area contributed by atoms with Crippen LogP contribution in [-0.2, 0) is 0 Å². The van der Waals surface area contributed by atoms with Gasteiger partial charge in [0.05, 0.1) is 5.56 Å². The second-order valence-electron chi connectivity index (χ2n) is 2.98. The third kappa shape index (κ3) is 3.45. The van der Waals surface area contributed by atoms with Crippen LogP contribution < -0.4 is 0 Å². The van der Waals surface area contributed by atoms with Crippen LogP contribution >= 0.6 is 0 Å². The number of unbranched alkanes of at least 4 members (excludes halogenated alkanes) is 1. The van der Waals surface area contributed by atoms with Gasteiger partial charge in [0.1, 0.15) is 0 Å². The molecule has 0 aliphatic rings. The zero-order valence-corrected chi connectivity index (χ0v) is 8.23. The summed E-state index contributed by atoms with van der Waals surface area (Å²) in [6.07, 6.45) is 1.19. The van der Waals surface area contributed by atoms with E-state index in [4.69, 9.17) is 10.2 Å². The van der Waals surface area contributed by atoms with E-state index in [2.05, 4.69) is 11.8 Å². The molecule has 15 heavy (non-hydrogen) atoms. The summed E-state index contributed by atoms with van der Waals surface area (Å²) in [7, 11) is 0. The van der Waals surface area contributed by atoms with Crippen molar-refractivity contribution in [1.82, 2.24) is 0 Å². The monoisotopic (exact) mass is 204 g/mol. The van der Waals surface area contributed by atoms with Crippen molar-refractivity contribution in [3.05, 3.63) is 35.4 Å². The number of carboxylic acids is 1. The van der Waals surface area contributed by atoms with Crippen molar-refractivity contribution in [3.8, 4) is 11.8 Å². The van der Waals surface area contributed by atoms with Crippen LogP contribution in [0.5, 0.6) is 0 Å². The lowest BCUT2D eigenvalue weighted by molar-refractivity contribution is 0.0696. The summed E-state index contributed by atoms with van der Waals surface area (Å²) in [5, 5.41) is 17.4. The fraction of sp³-hybridized carbons (Fsp3) is 0.250. The van der Waals surface area contributed by atoms with Crippen molar-refractivity contribution in [3.63, 3.8) is 0 Å². The highest BCUT2D eigenvalue weighted by atomic mass is 16.4. The van der Waals surface area contributed by atoms with E-state index in [9.17, 15) is 4.79 Å². The summed E-state index contributed by atoms with van der Waals surface area (Å²) in [5.41, 5.74) is 0.733. The minimum Gasteiger partial charge on any atom is -0.478 e.